The summed E-state index contributed by atoms with van der Waals surface area (Å²) in [5.41, 5.74) is 5.24. The van der Waals surface area contributed by atoms with Crippen molar-refractivity contribution in [2.45, 2.75) is 5.16 Å². The van der Waals surface area contributed by atoms with E-state index in [9.17, 15) is 4.79 Å². The molecule has 5 rings (SSSR count). The standard InChI is InChI=1S/C25H17Cl2N5OS/c26-20-11-10-19(14-21(20)27)28-24(33)15-34-25-30-29-23-13-12-22(31-32(23)25)18-8-6-17(7-9-18)16-4-2-1-3-5-16/h1-14H,15H2,(H,28,33). The summed E-state index contributed by atoms with van der Waals surface area (Å²) < 4.78 is 1.65. The molecule has 0 aliphatic heterocycles. The Hall–Kier alpha value is -3.39. The highest BCUT2D eigenvalue weighted by Gasteiger charge is 2.12. The van der Waals surface area contributed by atoms with Gasteiger partial charge in [-0.1, -0.05) is 89.6 Å². The summed E-state index contributed by atoms with van der Waals surface area (Å²) in [6.07, 6.45) is 0. The van der Waals surface area contributed by atoms with Crippen LogP contribution < -0.4 is 5.32 Å². The molecule has 0 atom stereocenters. The second-order valence-electron chi connectivity index (χ2n) is 7.38. The molecule has 1 amide bonds. The third-order valence-corrected chi connectivity index (χ3v) is 6.72. The Morgan fingerprint density at radius 3 is 2.32 bits per heavy atom. The van der Waals surface area contributed by atoms with Gasteiger partial charge in [-0.25, -0.2) is 0 Å². The molecule has 0 saturated carbocycles. The summed E-state index contributed by atoms with van der Waals surface area (Å²) in [4.78, 5) is 12.4. The van der Waals surface area contributed by atoms with Gasteiger partial charge in [0.1, 0.15) is 0 Å². The first-order chi connectivity index (χ1) is 16.6. The zero-order chi connectivity index (χ0) is 23.5. The molecule has 3 aromatic carbocycles. The summed E-state index contributed by atoms with van der Waals surface area (Å²) in [6, 6.07) is 27.1. The number of benzene rings is 3. The van der Waals surface area contributed by atoms with Crippen LogP contribution >= 0.6 is 35.0 Å². The average Bonchev–Trinajstić information content (AvgIpc) is 3.28. The van der Waals surface area contributed by atoms with Crippen molar-refractivity contribution in [3.8, 4) is 22.4 Å². The molecule has 9 heteroatoms. The summed E-state index contributed by atoms with van der Waals surface area (Å²) in [5, 5.41) is 17.2. The fourth-order valence-corrected chi connectivity index (χ4v) is 4.36. The molecule has 0 aliphatic carbocycles. The van der Waals surface area contributed by atoms with Crippen molar-refractivity contribution in [1.82, 2.24) is 19.8 Å². The highest BCUT2D eigenvalue weighted by atomic mass is 35.5. The normalized spacial score (nSPS) is 11.0. The van der Waals surface area contributed by atoms with E-state index in [2.05, 4.69) is 39.8 Å². The molecule has 168 valence electrons. The van der Waals surface area contributed by atoms with Gasteiger partial charge < -0.3 is 5.32 Å². The van der Waals surface area contributed by atoms with Gasteiger partial charge >= 0.3 is 0 Å². The van der Waals surface area contributed by atoms with Crippen LogP contribution in [0.5, 0.6) is 0 Å². The number of nitrogens with zero attached hydrogens (tertiary/aromatic N) is 4. The van der Waals surface area contributed by atoms with Gasteiger partial charge in [0.05, 0.1) is 21.5 Å². The molecule has 2 aromatic heterocycles. The molecule has 0 unspecified atom stereocenters. The molecule has 1 N–H and O–H groups in total. The highest BCUT2D eigenvalue weighted by Crippen LogP contribution is 2.26. The lowest BCUT2D eigenvalue weighted by atomic mass is 10.0. The van der Waals surface area contributed by atoms with Gasteiger partial charge in [-0.2, -0.15) is 9.61 Å². The Labute approximate surface area is 209 Å². The number of rotatable bonds is 6. The van der Waals surface area contributed by atoms with E-state index in [1.165, 1.54) is 11.8 Å². The second-order valence-corrected chi connectivity index (χ2v) is 9.14. The van der Waals surface area contributed by atoms with E-state index in [4.69, 9.17) is 28.3 Å². The largest absolute Gasteiger partial charge is 0.325 e. The van der Waals surface area contributed by atoms with Crippen molar-refractivity contribution < 1.29 is 4.79 Å². The van der Waals surface area contributed by atoms with Crippen LogP contribution in [0.1, 0.15) is 0 Å². The van der Waals surface area contributed by atoms with Crippen LogP contribution in [0.25, 0.3) is 28.0 Å². The van der Waals surface area contributed by atoms with Crippen molar-refractivity contribution >= 4 is 52.2 Å². The van der Waals surface area contributed by atoms with E-state index in [1.807, 2.05) is 42.5 Å². The molecule has 2 heterocycles. The van der Waals surface area contributed by atoms with E-state index >= 15 is 0 Å². The average molecular weight is 506 g/mol. The SMILES string of the molecule is O=C(CSc1nnc2ccc(-c3ccc(-c4ccccc4)cc3)nn12)Nc1ccc(Cl)c(Cl)c1. The van der Waals surface area contributed by atoms with Crippen molar-refractivity contribution in [2.75, 3.05) is 11.1 Å². The maximum absolute atomic E-state index is 12.4. The molecule has 34 heavy (non-hydrogen) atoms. The van der Waals surface area contributed by atoms with E-state index in [1.54, 1.807) is 22.7 Å². The van der Waals surface area contributed by atoms with Gasteiger partial charge in [-0.3, -0.25) is 4.79 Å². The zero-order valence-electron chi connectivity index (χ0n) is 17.7. The minimum absolute atomic E-state index is 0.138. The minimum atomic E-state index is -0.201. The lowest BCUT2D eigenvalue weighted by molar-refractivity contribution is -0.113. The number of carbonyl (C=O) groups excluding carboxylic acids is 1. The highest BCUT2D eigenvalue weighted by molar-refractivity contribution is 7.99. The number of hydrogen-bond donors (Lipinski definition) is 1. The van der Waals surface area contributed by atoms with Crippen LogP contribution in [-0.2, 0) is 4.79 Å². The van der Waals surface area contributed by atoms with Gasteiger partial charge in [0, 0.05) is 11.3 Å². The third kappa shape index (κ3) is 4.92. The number of thioether (sulfide) groups is 1. The molecule has 6 nitrogen and oxygen atoms in total. The molecule has 0 spiro atoms. The summed E-state index contributed by atoms with van der Waals surface area (Å²) in [7, 11) is 0. The smallest absolute Gasteiger partial charge is 0.234 e. The van der Waals surface area contributed by atoms with Crippen LogP contribution in [0.4, 0.5) is 5.69 Å². The predicted octanol–water partition coefficient (Wildman–Crippen LogP) is 6.50. The van der Waals surface area contributed by atoms with Crippen LogP contribution in [0, 0.1) is 0 Å². The van der Waals surface area contributed by atoms with Gasteiger partial charge in [0.25, 0.3) is 0 Å². The van der Waals surface area contributed by atoms with Gasteiger partial charge in [-0.15, -0.1) is 10.2 Å². The Balaban J connectivity index is 1.31. The summed E-state index contributed by atoms with van der Waals surface area (Å²) >= 11 is 13.2. The fraction of sp³-hybridized carbons (Fsp3) is 0.0400. The molecule has 0 saturated heterocycles. The van der Waals surface area contributed by atoms with Gasteiger partial charge in [-0.05, 0) is 41.5 Å². The predicted molar refractivity (Wildman–Crippen MR) is 137 cm³/mol. The van der Waals surface area contributed by atoms with Crippen molar-refractivity contribution in [3.05, 3.63) is 95.0 Å². The molecule has 5 aromatic rings. The molecular weight excluding hydrogens is 489 g/mol. The third-order valence-electron chi connectivity index (χ3n) is 5.06. The lowest BCUT2D eigenvalue weighted by Gasteiger charge is -2.07. The van der Waals surface area contributed by atoms with Crippen LogP contribution in [0.2, 0.25) is 10.0 Å². The van der Waals surface area contributed by atoms with Crippen LogP contribution in [0.15, 0.2) is 90.1 Å². The molecule has 0 fully saturated rings. The first-order valence-corrected chi connectivity index (χ1v) is 12.1. The quantitative estimate of drug-likeness (QED) is 0.267. The first-order valence-electron chi connectivity index (χ1n) is 10.3. The van der Waals surface area contributed by atoms with Crippen LogP contribution in [0.3, 0.4) is 0 Å². The maximum atomic E-state index is 12.4. The van der Waals surface area contributed by atoms with E-state index < -0.39 is 0 Å². The Kier molecular flexibility index (Phi) is 6.49. The van der Waals surface area contributed by atoms with Gasteiger partial charge in [0.15, 0.2) is 5.65 Å². The molecular formula is C25H17Cl2N5OS. The molecule has 0 aliphatic rings. The fourth-order valence-electron chi connectivity index (χ4n) is 3.38. The van der Waals surface area contributed by atoms with E-state index in [0.29, 0.717) is 26.5 Å². The molecule has 0 radical (unpaired) electrons. The summed E-state index contributed by atoms with van der Waals surface area (Å²) in [5.74, 6) is -0.0635. The van der Waals surface area contributed by atoms with Crippen molar-refractivity contribution in [2.24, 2.45) is 0 Å². The lowest BCUT2D eigenvalue weighted by Crippen LogP contribution is -2.14. The van der Waals surface area contributed by atoms with Crippen molar-refractivity contribution in [1.29, 1.82) is 0 Å². The number of amides is 1. The maximum Gasteiger partial charge on any atom is 0.234 e. The topological polar surface area (TPSA) is 72.2 Å². The molecule has 0 bridgehead atoms. The Morgan fingerprint density at radius 1 is 0.824 bits per heavy atom. The monoisotopic (exact) mass is 505 g/mol. The van der Waals surface area contributed by atoms with Crippen molar-refractivity contribution in [3.63, 3.8) is 0 Å². The summed E-state index contributed by atoms with van der Waals surface area (Å²) in [6.45, 7) is 0. The number of carbonyl (C=O) groups is 1. The number of halogens is 2. The minimum Gasteiger partial charge on any atom is -0.325 e. The first kappa shape index (κ1) is 22.4. The number of anilines is 1. The number of aromatic nitrogens is 4. The van der Waals surface area contributed by atoms with E-state index in [-0.39, 0.29) is 11.7 Å². The van der Waals surface area contributed by atoms with Crippen LogP contribution in [-0.4, -0.2) is 31.5 Å². The number of fused-ring (bicyclic) bond motifs is 1. The van der Waals surface area contributed by atoms with Gasteiger partial charge in [0.2, 0.25) is 11.1 Å². The second kappa shape index (κ2) is 9.85. The number of hydrogen-bond acceptors (Lipinski definition) is 5. The number of nitrogens with one attached hydrogen (secondary N) is 1. The zero-order valence-corrected chi connectivity index (χ0v) is 20.0. The Morgan fingerprint density at radius 2 is 1.56 bits per heavy atom. The van der Waals surface area contributed by atoms with E-state index in [0.717, 1.165) is 22.4 Å². The Bertz CT molecular complexity index is 1470.